The van der Waals surface area contributed by atoms with Crippen molar-refractivity contribution in [2.45, 2.75) is 53.1 Å². The zero-order chi connectivity index (χ0) is 23.8. The van der Waals surface area contributed by atoms with Crippen molar-refractivity contribution >= 4 is 16.8 Å². The molecule has 3 rings (SSSR count). The van der Waals surface area contributed by atoms with Crippen molar-refractivity contribution in [1.29, 1.82) is 0 Å². The standard InChI is InChI=1S/C27H36FN3O2/c1-5-30(6-2)16-10-11-20(4)29-27(32)25-18-23-24(14-9-15-26(23)33-7-3)31(25)19-21-12-8-13-22(28)17-21/h8-9,12-15,17-18,20H,5-7,10-11,16,19H2,1-4H3,(H,29,32)/t20-/m1/s1. The molecule has 6 heteroatoms. The fourth-order valence-corrected chi connectivity index (χ4v) is 4.25. The van der Waals surface area contributed by atoms with Crippen molar-refractivity contribution in [3.05, 3.63) is 65.6 Å². The largest absolute Gasteiger partial charge is 0.493 e. The van der Waals surface area contributed by atoms with E-state index in [-0.39, 0.29) is 17.8 Å². The van der Waals surface area contributed by atoms with Crippen molar-refractivity contribution in [2.75, 3.05) is 26.2 Å². The van der Waals surface area contributed by atoms with Crippen LogP contribution < -0.4 is 10.1 Å². The minimum atomic E-state index is -0.285. The average Bonchev–Trinajstić information content (AvgIpc) is 3.16. The van der Waals surface area contributed by atoms with Gasteiger partial charge in [0.05, 0.1) is 12.1 Å². The van der Waals surface area contributed by atoms with Crippen LogP contribution in [0.15, 0.2) is 48.5 Å². The van der Waals surface area contributed by atoms with Gasteiger partial charge >= 0.3 is 0 Å². The Morgan fingerprint density at radius 3 is 2.58 bits per heavy atom. The first-order valence-corrected chi connectivity index (χ1v) is 12.0. The van der Waals surface area contributed by atoms with Gasteiger partial charge in [-0.05, 0) is 82.2 Å². The lowest BCUT2D eigenvalue weighted by Gasteiger charge is -2.20. The SMILES string of the molecule is CCOc1cccc2c1cc(C(=O)N[C@H](C)CCCN(CC)CC)n2Cc1cccc(F)c1. The van der Waals surface area contributed by atoms with Crippen molar-refractivity contribution in [2.24, 2.45) is 0 Å². The summed E-state index contributed by atoms with van der Waals surface area (Å²) in [6.07, 6.45) is 1.94. The van der Waals surface area contributed by atoms with E-state index in [4.69, 9.17) is 4.74 Å². The van der Waals surface area contributed by atoms with Gasteiger partial charge in [-0.2, -0.15) is 0 Å². The van der Waals surface area contributed by atoms with Gasteiger partial charge in [-0.1, -0.05) is 32.0 Å². The molecule has 0 aliphatic rings. The molecule has 178 valence electrons. The maximum absolute atomic E-state index is 13.8. The monoisotopic (exact) mass is 453 g/mol. The molecular weight excluding hydrogens is 417 g/mol. The van der Waals surface area contributed by atoms with Crippen LogP contribution in [0.25, 0.3) is 10.9 Å². The highest BCUT2D eigenvalue weighted by Crippen LogP contribution is 2.30. The molecule has 0 unspecified atom stereocenters. The third-order valence-corrected chi connectivity index (χ3v) is 6.05. The lowest BCUT2D eigenvalue weighted by atomic mass is 10.1. The van der Waals surface area contributed by atoms with Crippen LogP contribution in [0.2, 0.25) is 0 Å². The van der Waals surface area contributed by atoms with Crippen LogP contribution in [0.1, 0.15) is 56.6 Å². The normalized spacial score (nSPS) is 12.3. The molecular formula is C27H36FN3O2. The smallest absolute Gasteiger partial charge is 0.268 e. The number of nitrogens with one attached hydrogen (secondary N) is 1. The Kier molecular flexibility index (Phi) is 8.89. The lowest BCUT2D eigenvalue weighted by Crippen LogP contribution is -2.34. The van der Waals surface area contributed by atoms with Gasteiger partial charge in [-0.25, -0.2) is 4.39 Å². The van der Waals surface area contributed by atoms with E-state index < -0.39 is 0 Å². The molecule has 0 aliphatic heterocycles. The molecule has 0 radical (unpaired) electrons. The number of ether oxygens (including phenoxy) is 1. The Bertz CT molecular complexity index is 1060. The molecule has 1 aromatic heterocycles. The zero-order valence-electron chi connectivity index (χ0n) is 20.2. The lowest BCUT2D eigenvalue weighted by molar-refractivity contribution is 0.0928. The number of fused-ring (bicyclic) bond motifs is 1. The minimum Gasteiger partial charge on any atom is -0.493 e. The van der Waals surface area contributed by atoms with E-state index in [1.807, 2.05) is 48.7 Å². The predicted molar refractivity (Wildman–Crippen MR) is 133 cm³/mol. The fraction of sp³-hybridized carbons (Fsp3) is 0.444. The molecule has 0 spiro atoms. The third-order valence-electron chi connectivity index (χ3n) is 6.05. The van der Waals surface area contributed by atoms with Crippen LogP contribution >= 0.6 is 0 Å². The fourth-order valence-electron chi connectivity index (χ4n) is 4.25. The first kappa shape index (κ1) is 24.8. The topological polar surface area (TPSA) is 46.5 Å². The Morgan fingerprint density at radius 1 is 1.12 bits per heavy atom. The summed E-state index contributed by atoms with van der Waals surface area (Å²) in [7, 11) is 0. The Morgan fingerprint density at radius 2 is 1.88 bits per heavy atom. The molecule has 1 amide bonds. The number of rotatable bonds is 12. The minimum absolute atomic E-state index is 0.0556. The second kappa shape index (κ2) is 11.8. The van der Waals surface area contributed by atoms with E-state index in [2.05, 4.69) is 24.1 Å². The van der Waals surface area contributed by atoms with Crippen molar-refractivity contribution in [1.82, 2.24) is 14.8 Å². The van der Waals surface area contributed by atoms with Crippen LogP contribution in [-0.2, 0) is 6.54 Å². The van der Waals surface area contributed by atoms with Gasteiger partial charge < -0.3 is 19.5 Å². The van der Waals surface area contributed by atoms with Gasteiger partial charge in [0.2, 0.25) is 0 Å². The number of carbonyl (C=O) groups is 1. The second-order valence-corrected chi connectivity index (χ2v) is 8.41. The van der Waals surface area contributed by atoms with Gasteiger partial charge in [-0.15, -0.1) is 0 Å². The molecule has 2 aromatic carbocycles. The maximum atomic E-state index is 13.8. The Hall–Kier alpha value is -2.86. The molecule has 1 N–H and O–H groups in total. The first-order chi connectivity index (χ1) is 16.0. The molecule has 0 aliphatic carbocycles. The number of hydrogen-bond acceptors (Lipinski definition) is 3. The van der Waals surface area contributed by atoms with Crippen LogP contribution in [-0.4, -0.2) is 47.7 Å². The summed E-state index contributed by atoms with van der Waals surface area (Å²) in [6, 6.07) is 14.3. The van der Waals surface area contributed by atoms with Crippen LogP contribution in [0.4, 0.5) is 4.39 Å². The van der Waals surface area contributed by atoms with E-state index in [1.54, 1.807) is 6.07 Å². The number of amides is 1. The number of halogens is 1. The molecule has 33 heavy (non-hydrogen) atoms. The van der Waals surface area contributed by atoms with Gasteiger partial charge in [0.1, 0.15) is 17.3 Å². The Balaban J connectivity index is 1.85. The van der Waals surface area contributed by atoms with Gasteiger partial charge in [-0.3, -0.25) is 4.79 Å². The third kappa shape index (κ3) is 6.35. The molecule has 0 bridgehead atoms. The molecule has 1 atom stereocenters. The van der Waals surface area contributed by atoms with Crippen LogP contribution in [0, 0.1) is 5.82 Å². The number of nitrogens with zero attached hydrogens (tertiary/aromatic N) is 2. The first-order valence-electron chi connectivity index (χ1n) is 12.0. The average molecular weight is 454 g/mol. The van der Waals surface area contributed by atoms with Gasteiger partial charge in [0, 0.05) is 18.0 Å². The number of benzene rings is 2. The maximum Gasteiger partial charge on any atom is 0.268 e. The van der Waals surface area contributed by atoms with E-state index >= 15 is 0 Å². The van der Waals surface area contributed by atoms with Gasteiger partial charge in [0.25, 0.3) is 5.91 Å². The molecule has 1 heterocycles. The van der Waals surface area contributed by atoms with Crippen LogP contribution in [0.3, 0.4) is 0 Å². The van der Waals surface area contributed by atoms with E-state index in [0.29, 0.717) is 18.8 Å². The van der Waals surface area contributed by atoms with Crippen molar-refractivity contribution in [3.8, 4) is 5.75 Å². The highest BCUT2D eigenvalue weighted by molar-refractivity contribution is 6.00. The number of hydrogen-bond donors (Lipinski definition) is 1. The quantitative estimate of drug-likeness (QED) is 0.396. The number of carbonyl (C=O) groups excluding carboxylic acids is 1. The zero-order valence-corrected chi connectivity index (χ0v) is 20.2. The summed E-state index contributed by atoms with van der Waals surface area (Å²) in [5.74, 6) is 0.335. The molecule has 0 saturated heterocycles. The summed E-state index contributed by atoms with van der Waals surface area (Å²) in [6.45, 7) is 12.4. The molecule has 3 aromatic rings. The Labute approximate surface area is 196 Å². The van der Waals surface area contributed by atoms with E-state index in [1.165, 1.54) is 12.1 Å². The summed E-state index contributed by atoms with van der Waals surface area (Å²) in [5, 5.41) is 4.05. The van der Waals surface area contributed by atoms with Gasteiger partial charge in [0.15, 0.2) is 0 Å². The highest BCUT2D eigenvalue weighted by atomic mass is 19.1. The molecule has 5 nitrogen and oxygen atoms in total. The highest BCUT2D eigenvalue weighted by Gasteiger charge is 2.20. The summed E-state index contributed by atoms with van der Waals surface area (Å²) < 4.78 is 21.6. The second-order valence-electron chi connectivity index (χ2n) is 8.41. The van der Waals surface area contributed by atoms with E-state index in [9.17, 15) is 9.18 Å². The van der Waals surface area contributed by atoms with Crippen molar-refractivity contribution < 1.29 is 13.9 Å². The summed E-state index contributed by atoms with van der Waals surface area (Å²) >= 11 is 0. The predicted octanol–water partition coefficient (Wildman–Crippen LogP) is 5.47. The molecule has 0 fully saturated rings. The number of aromatic nitrogens is 1. The van der Waals surface area contributed by atoms with Crippen molar-refractivity contribution in [3.63, 3.8) is 0 Å². The summed E-state index contributed by atoms with van der Waals surface area (Å²) in [5.41, 5.74) is 2.25. The summed E-state index contributed by atoms with van der Waals surface area (Å²) in [4.78, 5) is 15.7. The van der Waals surface area contributed by atoms with E-state index in [0.717, 1.165) is 54.7 Å². The molecule has 0 saturated carbocycles. The van der Waals surface area contributed by atoms with Crippen LogP contribution in [0.5, 0.6) is 5.75 Å².